The van der Waals surface area contributed by atoms with Gasteiger partial charge >= 0.3 is 0 Å². The fourth-order valence-electron chi connectivity index (χ4n) is 7.65. The molecule has 0 aromatic rings. The van der Waals surface area contributed by atoms with Gasteiger partial charge in [-0.15, -0.1) is 0 Å². The maximum atomic E-state index is 6.77. The van der Waals surface area contributed by atoms with E-state index in [-0.39, 0.29) is 13.5 Å². The van der Waals surface area contributed by atoms with Gasteiger partial charge in [-0.25, -0.2) is 4.67 Å². The van der Waals surface area contributed by atoms with E-state index in [0.29, 0.717) is 12.2 Å². The third kappa shape index (κ3) is 3.88. The summed E-state index contributed by atoms with van der Waals surface area (Å²) in [5.74, 6) is 5.41. The molecule has 5 heteroatoms. The van der Waals surface area contributed by atoms with Crippen molar-refractivity contribution < 1.29 is 9.05 Å². The molecule has 0 amide bonds. The van der Waals surface area contributed by atoms with E-state index in [4.69, 9.17) is 9.05 Å². The van der Waals surface area contributed by atoms with Gasteiger partial charge in [0.05, 0.1) is 12.2 Å². The third-order valence-corrected chi connectivity index (χ3v) is 10.2. The van der Waals surface area contributed by atoms with Crippen molar-refractivity contribution in [2.24, 2.45) is 35.5 Å². The number of hydrogen-bond acceptors (Lipinski definition) is 3. The van der Waals surface area contributed by atoms with Gasteiger partial charge in [0.2, 0.25) is 0 Å². The van der Waals surface area contributed by atoms with Crippen LogP contribution in [-0.4, -0.2) is 31.0 Å². The SMILES string of the molecule is CN(C)P1OC2CCC3CCCCC3C2C2C(CCC3CCCCC32)O1.[S]. The fourth-order valence-corrected chi connectivity index (χ4v) is 9.04. The zero-order chi connectivity index (χ0) is 17.7. The highest BCUT2D eigenvalue weighted by Crippen LogP contribution is 2.61. The molecule has 4 aliphatic carbocycles. The van der Waals surface area contributed by atoms with Gasteiger partial charge in [-0.3, -0.25) is 0 Å². The molecule has 0 N–H and O–H groups in total. The summed E-state index contributed by atoms with van der Waals surface area (Å²) in [4.78, 5) is 0. The lowest BCUT2D eigenvalue weighted by atomic mass is 9.53. The van der Waals surface area contributed by atoms with Gasteiger partial charge < -0.3 is 9.05 Å². The van der Waals surface area contributed by atoms with Crippen molar-refractivity contribution >= 4 is 22.0 Å². The van der Waals surface area contributed by atoms with Crippen molar-refractivity contribution in [3.63, 3.8) is 0 Å². The minimum atomic E-state index is -0.860. The van der Waals surface area contributed by atoms with Crippen LogP contribution in [0.2, 0.25) is 0 Å². The van der Waals surface area contributed by atoms with E-state index in [1.807, 2.05) is 0 Å². The Morgan fingerprint density at radius 3 is 1.52 bits per heavy atom. The van der Waals surface area contributed by atoms with E-state index in [2.05, 4.69) is 18.8 Å². The van der Waals surface area contributed by atoms with Crippen LogP contribution < -0.4 is 0 Å². The Bertz CT molecular complexity index is 467. The van der Waals surface area contributed by atoms with E-state index in [9.17, 15) is 0 Å². The number of hydrogen-bond donors (Lipinski definition) is 0. The summed E-state index contributed by atoms with van der Waals surface area (Å²) < 4.78 is 15.8. The van der Waals surface area contributed by atoms with Crippen LogP contribution in [-0.2, 0) is 9.05 Å². The van der Waals surface area contributed by atoms with Crippen LogP contribution >= 0.6 is 22.0 Å². The van der Waals surface area contributed by atoms with Gasteiger partial charge in [-0.2, -0.15) is 0 Å². The topological polar surface area (TPSA) is 21.7 Å². The molecular weight excluding hydrogens is 373 g/mol. The van der Waals surface area contributed by atoms with Crippen molar-refractivity contribution in [2.45, 2.75) is 89.3 Å². The van der Waals surface area contributed by atoms with Gasteiger partial charge in [0.1, 0.15) is 0 Å². The average molecular weight is 412 g/mol. The van der Waals surface area contributed by atoms with Gasteiger partial charge in [0, 0.05) is 13.5 Å². The van der Waals surface area contributed by atoms with Crippen LogP contribution in [0.5, 0.6) is 0 Å². The molecule has 1 saturated heterocycles. The molecule has 3 nitrogen and oxygen atoms in total. The number of nitrogens with zero attached hydrogens (tertiary/aromatic N) is 1. The van der Waals surface area contributed by atoms with E-state index in [1.165, 1.54) is 77.0 Å². The maximum Gasteiger partial charge on any atom is 0.258 e. The minimum absolute atomic E-state index is 0. The first-order valence-corrected chi connectivity index (χ1v) is 12.7. The average Bonchev–Trinajstić information content (AvgIpc) is 2.85. The first-order chi connectivity index (χ1) is 12.7. The molecular formula is C22H38NO2PS. The fraction of sp³-hybridized carbons (Fsp3) is 1.00. The van der Waals surface area contributed by atoms with Crippen LogP contribution in [0, 0.1) is 35.5 Å². The molecule has 27 heavy (non-hydrogen) atoms. The Labute approximate surface area is 174 Å². The summed E-state index contributed by atoms with van der Waals surface area (Å²) in [5, 5.41) is 0. The Kier molecular flexibility index (Phi) is 6.82. The van der Waals surface area contributed by atoms with E-state index < -0.39 is 8.53 Å². The third-order valence-electron chi connectivity index (χ3n) is 8.65. The Morgan fingerprint density at radius 1 is 0.630 bits per heavy atom. The molecule has 0 bridgehead atoms. The second kappa shape index (κ2) is 8.80. The van der Waals surface area contributed by atoms with Gasteiger partial charge in [-0.05, 0) is 88.1 Å². The zero-order valence-corrected chi connectivity index (χ0v) is 18.9. The monoisotopic (exact) mass is 411 g/mol. The molecule has 4 saturated carbocycles. The number of rotatable bonds is 1. The van der Waals surface area contributed by atoms with Crippen molar-refractivity contribution in [3.05, 3.63) is 0 Å². The van der Waals surface area contributed by atoms with Crippen LogP contribution in [0.15, 0.2) is 0 Å². The van der Waals surface area contributed by atoms with Crippen molar-refractivity contribution in [3.8, 4) is 0 Å². The molecule has 2 radical (unpaired) electrons. The summed E-state index contributed by atoms with van der Waals surface area (Å²) in [6, 6.07) is 0. The summed E-state index contributed by atoms with van der Waals surface area (Å²) >= 11 is 0. The molecule has 5 rings (SSSR count). The molecule has 0 spiro atoms. The Morgan fingerprint density at radius 2 is 1.07 bits per heavy atom. The number of fused-ring (bicyclic) bond motifs is 7. The predicted molar refractivity (Wildman–Crippen MR) is 114 cm³/mol. The molecule has 0 aromatic heterocycles. The van der Waals surface area contributed by atoms with E-state index >= 15 is 0 Å². The lowest BCUT2D eigenvalue weighted by Crippen LogP contribution is -2.51. The smallest absolute Gasteiger partial charge is 0.258 e. The molecule has 5 fully saturated rings. The van der Waals surface area contributed by atoms with Crippen molar-refractivity contribution in [1.82, 2.24) is 4.67 Å². The lowest BCUT2D eigenvalue weighted by molar-refractivity contribution is -0.0856. The second-order valence-corrected chi connectivity index (χ2v) is 11.8. The quantitative estimate of drug-likeness (QED) is 0.451. The molecule has 1 aliphatic heterocycles. The highest BCUT2D eigenvalue weighted by molar-refractivity contribution is 7.59. The molecule has 1 heterocycles. The first kappa shape index (κ1) is 20.9. The normalized spacial score (nSPS) is 49.7. The van der Waals surface area contributed by atoms with Crippen molar-refractivity contribution in [2.75, 3.05) is 14.1 Å². The van der Waals surface area contributed by atoms with Crippen LogP contribution in [0.1, 0.15) is 77.0 Å². The van der Waals surface area contributed by atoms with Crippen molar-refractivity contribution in [1.29, 1.82) is 0 Å². The minimum Gasteiger partial charge on any atom is -0.318 e. The molecule has 8 unspecified atom stereocenters. The van der Waals surface area contributed by atoms with Crippen LogP contribution in [0.25, 0.3) is 0 Å². The molecule has 154 valence electrons. The highest BCUT2D eigenvalue weighted by atomic mass is 32.1. The highest BCUT2D eigenvalue weighted by Gasteiger charge is 2.55. The van der Waals surface area contributed by atoms with Crippen LogP contribution in [0.4, 0.5) is 0 Å². The first-order valence-electron chi connectivity index (χ1n) is 11.5. The van der Waals surface area contributed by atoms with Gasteiger partial charge in [0.25, 0.3) is 8.53 Å². The molecule has 0 aromatic carbocycles. The predicted octanol–water partition coefficient (Wildman–Crippen LogP) is 6.64. The summed E-state index contributed by atoms with van der Waals surface area (Å²) in [5.41, 5.74) is 0. The van der Waals surface area contributed by atoms with Gasteiger partial charge in [0.15, 0.2) is 0 Å². The maximum absolute atomic E-state index is 6.77. The molecule has 5 aliphatic rings. The lowest BCUT2D eigenvalue weighted by Gasteiger charge is -2.53. The van der Waals surface area contributed by atoms with E-state index in [0.717, 1.165) is 35.5 Å². The summed E-state index contributed by atoms with van der Waals surface area (Å²) in [6.07, 6.45) is 18.1. The van der Waals surface area contributed by atoms with E-state index in [1.54, 1.807) is 0 Å². The van der Waals surface area contributed by atoms with Gasteiger partial charge in [-0.1, -0.05) is 38.5 Å². The largest absolute Gasteiger partial charge is 0.318 e. The van der Waals surface area contributed by atoms with Crippen LogP contribution in [0.3, 0.4) is 0 Å². The zero-order valence-electron chi connectivity index (χ0n) is 17.2. The summed E-state index contributed by atoms with van der Waals surface area (Å²) in [6.45, 7) is 0. The molecule has 8 atom stereocenters. The second-order valence-electron chi connectivity index (χ2n) is 10.1. The Hall–Kier alpha value is 0.660. The Balaban J connectivity index is 0.00000180. The standard InChI is InChI=1S/C22H38NO2P.S/c1-23(2)26-24-19-13-11-15-7-3-5-9-17(15)21(19)22-18-10-6-4-8-16(18)12-14-20(22)25-26;/h15-22H,3-14H2,1-2H3;. The summed E-state index contributed by atoms with van der Waals surface area (Å²) in [7, 11) is 3.44.